The number of ether oxygens (including phenoxy) is 1. The van der Waals surface area contributed by atoms with E-state index in [-0.39, 0.29) is 19.4 Å². The fourth-order valence-corrected chi connectivity index (χ4v) is 6.64. The molecule has 0 unspecified atom stereocenters. The van der Waals surface area contributed by atoms with Crippen LogP contribution in [0.3, 0.4) is 0 Å². The van der Waals surface area contributed by atoms with Crippen molar-refractivity contribution in [3.8, 4) is 0 Å². The van der Waals surface area contributed by atoms with E-state index in [2.05, 4.69) is 15.4 Å². The molecule has 4 rings (SSSR count). The van der Waals surface area contributed by atoms with Gasteiger partial charge in [-0.1, -0.05) is 25.0 Å². The minimum absolute atomic E-state index is 0.0503. The van der Waals surface area contributed by atoms with Gasteiger partial charge in [0, 0.05) is 18.9 Å². The average molecular weight is 583 g/mol. The zero-order valence-electron chi connectivity index (χ0n) is 23.7. The molecule has 12 nitrogen and oxygen atoms in total. The molecule has 0 aromatic carbocycles. The number of nitrogens with one attached hydrogen (secondary N) is 3. The van der Waals surface area contributed by atoms with Gasteiger partial charge in [0.1, 0.15) is 23.2 Å². The maximum Gasteiger partial charge on any atom is 0.408 e. The third-order valence-corrected chi connectivity index (χ3v) is 10.3. The summed E-state index contributed by atoms with van der Waals surface area (Å²) in [6.07, 6.45) is 6.36. The number of aliphatic hydroxyl groups is 1. The van der Waals surface area contributed by atoms with Gasteiger partial charge in [0.05, 0.1) is 10.9 Å². The Kier molecular flexibility index (Phi) is 8.30. The van der Waals surface area contributed by atoms with Crippen LogP contribution in [-0.4, -0.2) is 82.9 Å². The predicted molar refractivity (Wildman–Crippen MR) is 145 cm³/mol. The molecule has 0 spiro atoms. The van der Waals surface area contributed by atoms with Crippen LogP contribution in [-0.2, 0) is 29.1 Å². The Morgan fingerprint density at radius 1 is 1.18 bits per heavy atom. The molecular weight excluding hydrogens is 540 g/mol. The number of allylic oxidation sites excluding steroid dienone is 1. The molecule has 2 aliphatic heterocycles. The number of hydrogen-bond acceptors (Lipinski definition) is 8. The maximum atomic E-state index is 13.7. The van der Waals surface area contributed by atoms with E-state index in [1.54, 1.807) is 27.7 Å². The summed E-state index contributed by atoms with van der Waals surface area (Å²) in [6, 6.07) is -2.06. The minimum Gasteiger partial charge on any atom is -0.444 e. The van der Waals surface area contributed by atoms with Crippen molar-refractivity contribution in [1.29, 1.82) is 0 Å². The number of carbonyl (C=O) groups excluding carboxylic acids is 4. The second-order valence-electron chi connectivity index (χ2n) is 12.8. The molecular formula is C27H42N4O8S. The first-order chi connectivity index (χ1) is 18.6. The Balaban J connectivity index is 1.57. The largest absolute Gasteiger partial charge is 0.444 e. The van der Waals surface area contributed by atoms with Crippen molar-refractivity contribution in [1.82, 2.24) is 20.3 Å². The van der Waals surface area contributed by atoms with Gasteiger partial charge in [-0.05, 0) is 66.2 Å². The van der Waals surface area contributed by atoms with Gasteiger partial charge in [-0.15, -0.1) is 0 Å². The molecule has 2 heterocycles. The van der Waals surface area contributed by atoms with Crippen molar-refractivity contribution in [3.05, 3.63) is 12.2 Å². The van der Waals surface area contributed by atoms with E-state index in [0.717, 1.165) is 12.8 Å². The van der Waals surface area contributed by atoms with Crippen LogP contribution in [0.1, 0.15) is 85.5 Å². The molecule has 1 saturated heterocycles. The second-order valence-corrected chi connectivity index (χ2v) is 15.0. The van der Waals surface area contributed by atoms with Gasteiger partial charge in [-0.3, -0.25) is 19.1 Å². The molecule has 5 atom stereocenters. The van der Waals surface area contributed by atoms with E-state index in [1.807, 2.05) is 12.2 Å². The molecule has 2 aliphatic carbocycles. The van der Waals surface area contributed by atoms with Crippen molar-refractivity contribution >= 4 is 33.8 Å². The zero-order chi connectivity index (χ0) is 29.5. The van der Waals surface area contributed by atoms with Crippen LogP contribution in [0.25, 0.3) is 0 Å². The lowest BCUT2D eigenvalue weighted by Gasteiger charge is -2.30. The van der Waals surface area contributed by atoms with Gasteiger partial charge >= 0.3 is 6.09 Å². The van der Waals surface area contributed by atoms with Crippen molar-refractivity contribution in [3.63, 3.8) is 0 Å². The highest BCUT2D eigenvalue weighted by molar-refractivity contribution is 7.91. The highest BCUT2D eigenvalue weighted by atomic mass is 32.2. The van der Waals surface area contributed by atoms with Crippen molar-refractivity contribution in [2.24, 2.45) is 5.92 Å². The Morgan fingerprint density at radius 3 is 2.52 bits per heavy atom. The van der Waals surface area contributed by atoms with Gasteiger partial charge in [-0.25, -0.2) is 13.2 Å². The van der Waals surface area contributed by atoms with E-state index in [1.165, 1.54) is 4.90 Å². The minimum atomic E-state index is -3.93. The van der Waals surface area contributed by atoms with Crippen LogP contribution in [0.5, 0.6) is 0 Å². The molecule has 4 amide bonds. The second kappa shape index (κ2) is 11.0. The van der Waals surface area contributed by atoms with Gasteiger partial charge in [-0.2, -0.15) is 0 Å². The third-order valence-electron chi connectivity index (χ3n) is 8.18. The number of sulfonamides is 1. The Hall–Kier alpha value is -2.67. The van der Waals surface area contributed by atoms with Gasteiger partial charge < -0.3 is 25.4 Å². The molecule has 0 aromatic heterocycles. The molecule has 224 valence electrons. The molecule has 2 saturated carbocycles. The maximum absolute atomic E-state index is 13.7. The van der Waals surface area contributed by atoms with Gasteiger partial charge in [0.2, 0.25) is 21.8 Å². The number of rotatable bonds is 4. The SMILES string of the molecule is CC(C)(C)OC(=O)N[C@H]1CCCCC/C=C\[C@@H]2C[C@@]2(C(=O)NS(=O)(=O)C2(C)CC2)NC(=O)[C@@H]2C[C@@H](O)CN2C1=O. The van der Waals surface area contributed by atoms with Gasteiger partial charge in [0.25, 0.3) is 5.91 Å². The molecule has 0 aromatic rings. The zero-order valence-corrected chi connectivity index (χ0v) is 24.5. The normalized spacial score (nSPS) is 33.3. The molecule has 0 bridgehead atoms. The highest BCUT2D eigenvalue weighted by Gasteiger charge is 2.63. The smallest absolute Gasteiger partial charge is 0.408 e. The molecule has 40 heavy (non-hydrogen) atoms. The van der Waals surface area contributed by atoms with Crippen LogP contribution in [0.2, 0.25) is 0 Å². The molecule has 0 radical (unpaired) electrons. The average Bonchev–Trinajstić information content (AvgIpc) is 3.71. The van der Waals surface area contributed by atoms with Crippen molar-refractivity contribution in [2.45, 2.75) is 120 Å². The number of alkyl carbamates (subject to hydrolysis) is 1. The van der Waals surface area contributed by atoms with Crippen molar-refractivity contribution < 1.29 is 37.4 Å². The first-order valence-electron chi connectivity index (χ1n) is 14.1. The number of nitrogens with zero attached hydrogens (tertiary/aromatic N) is 1. The van der Waals surface area contributed by atoms with E-state index >= 15 is 0 Å². The monoisotopic (exact) mass is 582 g/mol. The standard InChI is InChI=1S/C27H42N4O8S/c1-25(2,3)39-24(36)28-19-11-9-7-5-6-8-10-17-15-27(17,23(35)30-40(37,38)26(4)12-13-26)29-21(33)20-14-18(32)16-31(20)22(19)34/h8,10,17-20,32H,5-7,9,11-16H2,1-4H3,(H,28,36)(H,29,33)(H,30,35)/b10-8-/t17-,18-,19+,20+,27-/m1/s1. The Bertz CT molecular complexity index is 1180. The van der Waals surface area contributed by atoms with E-state index in [4.69, 9.17) is 4.74 Å². The third kappa shape index (κ3) is 6.62. The molecule has 4 aliphatic rings. The summed E-state index contributed by atoms with van der Waals surface area (Å²) < 4.78 is 32.1. The molecule has 3 fully saturated rings. The summed E-state index contributed by atoms with van der Waals surface area (Å²) in [5.41, 5.74) is -2.24. The van der Waals surface area contributed by atoms with Crippen LogP contribution in [0.4, 0.5) is 4.79 Å². The number of carbonyl (C=O) groups is 4. The van der Waals surface area contributed by atoms with Crippen LogP contribution >= 0.6 is 0 Å². The lowest BCUT2D eigenvalue weighted by atomic mass is 10.0. The quantitative estimate of drug-likeness (QED) is 0.359. The predicted octanol–water partition coefficient (Wildman–Crippen LogP) is 1.24. The fraction of sp³-hybridized carbons (Fsp3) is 0.778. The van der Waals surface area contributed by atoms with Crippen LogP contribution in [0.15, 0.2) is 12.2 Å². The lowest BCUT2D eigenvalue weighted by molar-refractivity contribution is -0.141. The number of aliphatic hydroxyl groups excluding tert-OH is 1. The summed E-state index contributed by atoms with van der Waals surface area (Å²) >= 11 is 0. The topological polar surface area (TPSA) is 171 Å². The Labute approximate surface area is 235 Å². The number of hydrogen-bond donors (Lipinski definition) is 4. The van der Waals surface area contributed by atoms with Crippen LogP contribution < -0.4 is 15.4 Å². The summed E-state index contributed by atoms with van der Waals surface area (Å²) in [7, 11) is -3.93. The summed E-state index contributed by atoms with van der Waals surface area (Å²) in [6.45, 7) is 6.60. The van der Waals surface area contributed by atoms with E-state index in [0.29, 0.717) is 32.1 Å². The summed E-state index contributed by atoms with van der Waals surface area (Å²) in [5, 5.41) is 15.8. The van der Waals surface area contributed by atoms with E-state index in [9.17, 15) is 32.7 Å². The van der Waals surface area contributed by atoms with Crippen LogP contribution in [0, 0.1) is 5.92 Å². The Morgan fingerprint density at radius 2 is 1.88 bits per heavy atom. The first kappa shape index (κ1) is 30.3. The number of amides is 4. The fourth-order valence-electron chi connectivity index (χ4n) is 5.33. The van der Waals surface area contributed by atoms with E-state index < -0.39 is 73.8 Å². The summed E-state index contributed by atoms with van der Waals surface area (Å²) in [5.74, 6) is -2.38. The highest BCUT2D eigenvalue weighted by Crippen LogP contribution is 2.47. The number of fused-ring (bicyclic) bond motifs is 2. The molecule has 4 N–H and O–H groups in total. The van der Waals surface area contributed by atoms with Gasteiger partial charge in [0.15, 0.2) is 0 Å². The summed E-state index contributed by atoms with van der Waals surface area (Å²) in [4.78, 5) is 54.4. The molecule has 13 heteroatoms. The van der Waals surface area contributed by atoms with Crippen molar-refractivity contribution in [2.75, 3.05) is 6.54 Å². The first-order valence-corrected chi connectivity index (χ1v) is 15.6. The lowest BCUT2D eigenvalue weighted by Crippen LogP contribution is -2.58.